The molecule has 0 radical (unpaired) electrons. The normalized spacial score (nSPS) is 17.0. The molecule has 1 saturated heterocycles. The number of rotatable bonds is 4. The number of likely N-dealkylation sites (tertiary alicyclic amines) is 1. The Kier molecular flexibility index (Phi) is 5.53. The zero-order valence-electron chi connectivity index (χ0n) is 14.6. The monoisotopic (exact) mass is 407 g/mol. The van der Waals surface area contributed by atoms with E-state index in [0.717, 1.165) is 0 Å². The van der Waals surface area contributed by atoms with Gasteiger partial charge in [-0.15, -0.1) is 0 Å². The van der Waals surface area contributed by atoms with Crippen LogP contribution in [0.15, 0.2) is 53.4 Å². The highest BCUT2D eigenvalue weighted by Crippen LogP contribution is 2.26. The molecule has 1 unspecified atom stereocenters. The zero-order chi connectivity index (χ0) is 19.6. The number of sulfone groups is 1. The van der Waals surface area contributed by atoms with Crippen LogP contribution in [0.2, 0.25) is 5.02 Å². The Morgan fingerprint density at radius 3 is 2.30 bits per heavy atom. The summed E-state index contributed by atoms with van der Waals surface area (Å²) >= 11 is 5.82. The third-order valence-electron chi connectivity index (χ3n) is 4.38. The Bertz CT molecular complexity index is 955. The van der Waals surface area contributed by atoms with Gasteiger partial charge in [-0.2, -0.15) is 0 Å². The van der Waals surface area contributed by atoms with Gasteiger partial charge in [-0.05, 0) is 55.0 Å². The molecule has 27 heavy (non-hydrogen) atoms. The highest BCUT2D eigenvalue weighted by molar-refractivity contribution is 7.92. The minimum Gasteiger partial charge on any atom is -0.427 e. The van der Waals surface area contributed by atoms with E-state index in [4.69, 9.17) is 16.3 Å². The lowest BCUT2D eigenvalue weighted by Crippen LogP contribution is -2.31. The molecule has 3 rings (SSSR count). The van der Waals surface area contributed by atoms with Gasteiger partial charge in [0.05, 0.1) is 10.1 Å². The van der Waals surface area contributed by atoms with Gasteiger partial charge in [-0.25, -0.2) is 8.42 Å². The first kappa shape index (κ1) is 19.4. The molecule has 0 spiro atoms. The van der Waals surface area contributed by atoms with E-state index in [1.165, 1.54) is 48.2 Å². The fourth-order valence-corrected chi connectivity index (χ4v) is 4.81. The lowest BCUT2D eigenvalue weighted by molar-refractivity contribution is -0.131. The molecule has 0 saturated carbocycles. The van der Waals surface area contributed by atoms with Crippen LogP contribution < -0.4 is 4.74 Å². The Balaban J connectivity index is 1.70. The van der Waals surface area contributed by atoms with Gasteiger partial charge in [0.2, 0.25) is 0 Å². The van der Waals surface area contributed by atoms with Crippen LogP contribution in [-0.2, 0) is 14.6 Å². The van der Waals surface area contributed by atoms with Crippen LogP contribution in [0.25, 0.3) is 0 Å². The molecule has 2 aromatic rings. The first-order valence-corrected chi connectivity index (χ1v) is 10.3. The van der Waals surface area contributed by atoms with Crippen LogP contribution in [0.4, 0.5) is 0 Å². The summed E-state index contributed by atoms with van der Waals surface area (Å²) in [5.74, 6) is -0.342. The van der Waals surface area contributed by atoms with Crippen molar-refractivity contribution in [3.63, 3.8) is 0 Å². The predicted molar refractivity (Wildman–Crippen MR) is 101 cm³/mol. The Hall–Kier alpha value is -2.38. The molecule has 1 heterocycles. The minimum atomic E-state index is -3.53. The number of esters is 1. The fraction of sp³-hybridized carbons (Fsp3) is 0.263. The van der Waals surface area contributed by atoms with E-state index in [-0.39, 0.29) is 17.3 Å². The molecule has 0 aliphatic carbocycles. The molecule has 1 fully saturated rings. The molecule has 1 aliphatic heterocycles. The number of hydrogen-bond donors (Lipinski definition) is 0. The van der Waals surface area contributed by atoms with E-state index in [1.54, 1.807) is 12.1 Å². The van der Waals surface area contributed by atoms with Crippen molar-refractivity contribution in [1.29, 1.82) is 0 Å². The molecule has 0 N–H and O–H groups in total. The number of benzene rings is 2. The second kappa shape index (κ2) is 7.70. The molecule has 0 bridgehead atoms. The van der Waals surface area contributed by atoms with E-state index in [0.29, 0.717) is 29.3 Å². The molecule has 1 atom stereocenters. The number of amides is 1. The number of halogens is 1. The largest absolute Gasteiger partial charge is 0.427 e. The van der Waals surface area contributed by atoms with Gasteiger partial charge in [-0.1, -0.05) is 11.6 Å². The van der Waals surface area contributed by atoms with Crippen molar-refractivity contribution in [2.75, 3.05) is 13.1 Å². The smallest absolute Gasteiger partial charge is 0.308 e. The molecular weight excluding hydrogens is 390 g/mol. The van der Waals surface area contributed by atoms with Gasteiger partial charge in [0.1, 0.15) is 5.75 Å². The second-order valence-corrected chi connectivity index (χ2v) is 8.94. The predicted octanol–water partition coefficient (Wildman–Crippen LogP) is 2.95. The Labute approximate surface area is 162 Å². The summed E-state index contributed by atoms with van der Waals surface area (Å²) in [6, 6.07) is 12.2. The average molecular weight is 408 g/mol. The molecule has 1 aliphatic rings. The van der Waals surface area contributed by atoms with Crippen molar-refractivity contribution >= 4 is 33.3 Å². The van der Waals surface area contributed by atoms with Crippen LogP contribution in [0.5, 0.6) is 5.75 Å². The fourth-order valence-electron chi connectivity index (χ4n) is 3.00. The third kappa shape index (κ3) is 4.31. The van der Waals surface area contributed by atoms with E-state index < -0.39 is 21.1 Å². The van der Waals surface area contributed by atoms with Gasteiger partial charge in [0, 0.05) is 30.6 Å². The highest BCUT2D eigenvalue weighted by atomic mass is 35.5. The molecule has 0 aromatic heterocycles. The molecular formula is C19H18ClNO5S. The summed E-state index contributed by atoms with van der Waals surface area (Å²) in [6.07, 6.45) is 0.377. The Morgan fingerprint density at radius 1 is 1.07 bits per heavy atom. The van der Waals surface area contributed by atoms with E-state index >= 15 is 0 Å². The zero-order valence-corrected chi connectivity index (χ0v) is 16.2. The van der Waals surface area contributed by atoms with Crippen LogP contribution in [-0.4, -0.2) is 43.5 Å². The number of carbonyl (C=O) groups is 2. The number of ether oxygens (including phenoxy) is 1. The van der Waals surface area contributed by atoms with Crippen molar-refractivity contribution in [2.45, 2.75) is 23.5 Å². The van der Waals surface area contributed by atoms with Crippen molar-refractivity contribution in [3.8, 4) is 5.75 Å². The maximum atomic E-state index is 12.8. The maximum absolute atomic E-state index is 12.8. The summed E-state index contributed by atoms with van der Waals surface area (Å²) in [7, 11) is -3.53. The van der Waals surface area contributed by atoms with Gasteiger partial charge < -0.3 is 9.64 Å². The minimum absolute atomic E-state index is 0.134. The van der Waals surface area contributed by atoms with Crippen LogP contribution in [0, 0.1) is 0 Å². The van der Waals surface area contributed by atoms with E-state index in [9.17, 15) is 18.0 Å². The number of nitrogens with zero attached hydrogens (tertiary/aromatic N) is 1. The Morgan fingerprint density at radius 2 is 1.70 bits per heavy atom. The summed E-state index contributed by atoms with van der Waals surface area (Å²) in [4.78, 5) is 25.3. The van der Waals surface area contributed by atoms with Gasteiger partial charge >= 0.3 is 5.97 Å². The van der Waals surface area contributed by atoms with Gasteiger partial charge in [0.25, 0.3) is 5.91 Å². The second-order valence-electron chi connectivity index (χ2n) is 6.28. The van der Waals surface area contributed by atoms with Crippen molar-refractivity contribution in [3.05, 3.63) is 59.1 Å². The summed E-state index contributed by atoms with van der Waals surface area (Å²) in [5.41, 5.74) is 0.412. The summed E-state index contributed by atoms with van der Waals surface area (Å²) < 4.78 is 30.5. The first-order chi connectivity index (χ1) is 12.8. The lowest BCUT2D eigenvalue weighted by Gasteiger charge is -2.17. The third-order valence-corrected chi connectivity index (χ3v) is 6.82. The quantitative estimate of drug-likeness (QED) is 0.575. The standard InChI is InChI=1S/C19H18ClNO5S/c1-13(22)26-16-6-2-14(3-7-16)19(23)21-11-10-18(12-21)27(24,25)17-8-4-15(20)5-9-17/h2-9,18H,10-12H2,1H3. The van der Waals surface area contributed by atoms with Crippen LogP contribution in [0.1, 0.15) is 23.7 Å². The summed E-state index contributed by atoms with van der Waals surface area (Å²) in [5, 5.41) is -0.183. The van der Waals surface area contributed by atoms with Gasteiger partial charge in [-0.3, -0.25) is 9.59 Å². The molecule has 8 heteroatoms. The molecule has 2 aromatic carbocycles. The molecule has 142 valence electrons. The highest BCUT2D eigenvalue weighted by Gasteiger charge is 2.36. The lowest BCUT2D eigenvalue weighted by atomic mass is 10.2. The van der Waals surface area contributed by atoms with Crippen LogP contribution >= 0.6 is 11.6 Å². The van der Waals surface area contributed by atoms with Crippen molar-refractivity contribution in [1.82, 2.24) is 4.90 Å². The first-order valence-electron chi connectivity index (χ1n) is 8.34. The van der Waals surface area contributed by atoms with Crippen molar-refractivity contribution < 1.29 is 22.7 Å². The van der Waals surface area contributed by atoms with Crippen molar-refractivity contribution in [2.24, 2.45) is 0 Å². The molecule has 1 amide bonds. The summed E-state index contributed by atoms with van der Waals surface area (Å²) in [6.45, 7) is 1.79. The van der Waals surface area contributed by atoms with Gasteiger partial charge in [0.15, 0.2) is 9.84 Å². The topological polar surface area (TPSA) is 80.8 Å². The van der Waals surface area contributed by atoms with E-state index in [2.05, 4.69) is 0 Å². The van der Waals surface area contributed by atoms with Crippen LogP contribution in [0.3, 0.4) is 0 Å². The molecule has 6 nitrogen and oxygen atoms in total. The van der Waals surface area contributed by atoms with E-state index in [1.807, 2.05) is 0 Å². The number of carbonyl (C=O) groups excluding carboxylic acids is 2. The maximum Gasteiger partial charge on any atom is 0.308 e. The average Bonchev–Trinajstić information content (AvgIpc) is 3.12. The SMILES string of the molecule is CC(=O)Oc1ccc(C(=O)N2CCC(S(=O)(=O)c3ccc(Cl)cc3)C2)cc1. The number of hydrogen-bond acceptors (Lipinski definition) is 5.